The van der Waals surface area contributed by atoms with Gasteiger partial charge in [-0.05, 0) is 79.8 Å². The summed E-state index contributed by atoms with van der Waals surface area (Å²) in [6.07, 6.45) is 1.80. The molecule has 41 heavy (non-hydrogen) atoms. The van der Waals surface area contributed by atoms with Gasteiger partial charge in [-0.2, -0.15) is 0 Å². The normalized spacial score (nSPS) is 23.6. The van der Waals surface area contributed by atoms with Crippen molar-refractivity contribution in [1.29, 1.82) is 0 Å². The van der Waals surface area contributed by atoms with Crippen molar-refractivity contribution in [3.8, 4) is 17.0 Å². The van der Waals surface area contributed by atoms with Crippen molar-refractivity contribution in [3.63, 3.8) is 0 Å². The molecule has 1 aromatic heterocycles. The average Bonchev–Trinajstić information content (AvgIpc) is 3.54. The quantitative estimate of drug-likeness (QED) is 0.353. The van der Waals surface area contributed by atoms with Crippen LogP contribution in [0.2, 0.25) is 0 Å². The van der Waals surface area contributed by atoms with Crippen molar-refractivity contribution >= 4 is 22.4 Å². The Labute approximate surface area is 244 Å². The molecule has 2 saturated heterocycles. The van der Waals surface area contributed by atoms with E-state index in [-0.39, 0.29) is 38.4 Å². The number of aromatic nitrogens is 1. The Bertz CT molecular complexity index is 1400. The number of rotatable bonds is 7. The zero-order valence-electron chi connectivity index (χ0n) is 23.6. The number of aliphatic hydroxyl groups is 1. The molecule has 3 aromatic rings. The Hall–Kier alpha value is -3.04. The minimum atomic E-state index is -2.68. The number of alkyl halides is 2. The average molecular weight is 582 g/mol. The summed E-state index contributed by atoms with van der Waals surface area (Å²) in [4.78, 5) is 21.8. The minimum absolute atomic E-state index is 0.0758. The van der Waals surface area contributed by atoms with Crippen LogP contribution in [-0.2, 0) is 6.61 Å². The topological polar surface area (TPSA) is 65.9 Å². The first-order valence-corrected chi connectivity index (χ1v) is 15.4. The molecule has 6 rings (SSSR count). The van der Waals surface area contributed by atoms with Crippen molar-refractivity contribution < 1.29 is 23.4 Å². The molecule has 0 spiro atoms. The molecular weight excluding hydrogens is 544 g/mol. The number of aliphatic hydroxyl groups excluding tert-OH is 1. The third kappa shape index (κ3) is 5.84. The van der Waals surface area contributed by atoms with Gasteiger partial charge in [0.05, 0.1) is 5.69 Å². The number of halogens is 2. The van der Waals surface area contributed by atoms with E-state index in [1.165, 1.54) is 17.7 Å². The SMILES string of the molecule is Cc1ccc(OCc2ccc(C(=O)N3CCC(F)(F)CC3)cc2C)c(-c2csc(N3C[C@H]4CC[C@@H](C3)C4CO)n2)c1. The first kappa shape index (κ1) is 28.1. The molecule has 1 aliphatic carbocycles. The third-order valence-electron chi connectivity index (χ3n) is 9.17. The number of carbonyl (C=O) groups is 1. The lowest BCUT2D eigenvalue weighted by molar-refractivity contribution is -0.0494. The maximum atomic E-state index is 13.5. The number of hydrogen-bond donors (Lipinski definition) is 1. The number of fused-ring (bicyclic) bond motifs is 2. The predicted molar refractivity (Wildman–Crippen MR) is 157 cm³/mol. The summed E-state index contributed by atoms with van der Waals surface area (Å²) in [5.41, 5.74) is 5.36. The molecule has 3 atom stereocenters. The zero-order valence-corrected chi connectivity index (χ0v) is 24.4. The number of aryl methyl sites for hydroxylation is 2. The molecule has 1 amide bonds. The van der Waals surface area contributed by atoms with Crippen LogP contribution in [-0.4, -0.2) is 59.6 Å². The van der Waals surface area contributed by atoms with E-state index in [2.05, 4.69) is 23.3 Å². The van der Waals surface area contributed by atoms with Crippen molar-refractivity contribution in [3.05, 3.63) is 64.0 Å². The summed E-state index contributed by atoms with van der Waals surface area (Å²) >= 11 is 1.66. The van der Waals surface area contributed by atoms with Gasteiger partial charge in [-0.15, -0.1) is 11.3 Å². The summed E-state index contributed by atoms with van der Waals surface area (Å²) in [6, 6.07) is 11.6. The fourth-order valence-corrected chi connectivity index (χ4v) is 7.50. The van der Waals surface area contributed by atoms with Crippen LogP contribution in [0.5, 0.6) is 5.75 Å². The Morgan fingerprint density at radius 1 is 1.10 bits per heavy atom. The Morgan fingerprint density at radius 3 is 2.51 bits per heavy atom. The van der Waals surface area contributed by atoms with E-state index in [1.54, 1.807) is 17.4 Å². The molecule has 3 aliphatic rings. The second kappa shape index (κ2) is 11.3. The van der Waals surface area contributed by atoms with E-state index >= 15 is 0 Å². The number of anilines is 1. The van der Waals surface area contributed by atoms with Gasteiger partial charge >= 0.3 is 0 Å². The molecule has 1 saturated carbocycles. The largest absolute Gasteiger partial charge is 0.488 e. The first-order chi connectivity index (χ1) is 19.7. The molecule has 1 N–H and O–H groups in total. The van der Waals surface area contributed by atoms with Gasteiger partial charge in [0, 0.05) is 62.1 Å². The van der Waals surface area contributed by atoms with Crippen molar-refractivity contribution in [2.24, 2.45) is 17.8 Å². The number of thiazole rings is 1. The van der Waals surface area contributed by atoms with Gasteiger partial charge in [-0.1, -0.05) is 17.7 Å². The van der Waals surface area contributed by atoms with Crippen LogP contribution in [0.25, 0.3) is 11.3 Å². The highest BCUT2D eigenvalue weighted by Crippen LogP contribution is 2.44. The maximum Gasteiger partial charge on any atom is 0.253 e. The number of likely N-dealkylation sites (tertiary alicyclic amines) is 1. The maximum absolute atomic E-state index is 13.5. The van der Waals surface area contributed by atoms with Crippen LogP contribution >= 0.6 is 11.3 Å². The Morgan fingerprint density at radius 2 is 1.83 bits per heavy atom. The highest BCUT2D eigenvalue weighted by Gasteiger charge is 2.42. The standard InChI is InChI=1S/C32H37F2N3O3S/c1-20-3-8-29(26(13-20)28-19-41-31(35-28)37-15-23-5-6-24(16-37)27(23)17-38)40-18-25-7-4-22(14-21(25)2)30(39)36-11-9-32(33,34)10-12-36/h3-4,7-8,13-14,19,23-24,27,38H,5-6,9-12,15-18H2,1-2H3/t23-,24+,27?. The number of ether oxygens (including phenoxy) is 1. The van der Waals surface area contributed by atoms with E-state index in [0.717, 1.165) is 51.9 Å². The van der Waals surface area contributed by atoms with Gasteiger partial charge in [-0.25, -0.2) is 13.8 Å². The van der Waals surface area contributed by atoms with Crippen molar-refractivity contribution in [2.75, 3.05) is 37.7 Å². The van der Waals surface area contributed by atoms with Gasteiger partial charge in [-0.3, -0.25) is 4.79 Å². The zero-order chi connectivity index (χ0) is 28.7. The second-order valence-electron chi connectivity index (χ2n) is 11.9. The minimum Gasteiger partial charge on any atom is -0.488 e. The molecule has 9 heteroatoms. The second-order valence-corrected chi connectivity index (χ2v) is 12.8. The van der Waals surface area contributed by atoms with Crippen molar-refractivity contribution in [2.45, 2.75) is 52.1 Å². The van der Waals surface area contributed by atoms with Gasteiger partial charge in [0.1, 0.15) is 12.4 Å². The van der Waals surface area contributed by atoms with Crippen LogP contribution in [0.1, 0.15) is 52.7 Å². The summed E-state index contributed by atoms with van der Waals surface area (Å²) in [5.74, 6) is -0.627. The molecule has 3 heterocycles. The number of nitrogens with zero attached hydrogens (tertiary/aromatic N) is 3. The van der Waals surface area contributed by atoms with Gasteiger partial charge < -0.3 is 19.6 Å². The molecule has 1 unspecified atom stereocenters. The first-order valence-electron chi connectivity index (χ1n) is 14.5. The Kier molecular flexibility index (Phi) is 7.76. The van der Waals surface area contributed by atoms with E-state index in [4.69, 9.17) is 9.72 Å². The lowest BCUT2D eigenvalue weighted by Gasteiger charge is -2.37. The fraction of sp³-hybridized carbons (Fsp3) is 0.500. The number of piperidine rings is 2. The lowest BCUT2D eigenvalue weighted by atomic mass is 9.86. The van der Waals surface area contributed by atoms with E-state index < -0.39 is 5.92 Å². The molecule has 2 aromatic carbocycles. The number of hydrogen-bond acceptors (Lipinski definition) is 6. The Balaban J connectivity index is 1.14. The molecule has 218 valence electrons. The number of benzene rings is 2. The van der Waals surface area contributed by atoms with Crippen molar-refractivity contribution in [1.82, 2.24) is 9.88 Å². The number of carbonyl (C=O) groups excluding carboxylic acids is 1. The summed E-state index contributed by atoms with van der Waals surface area (Å²) in [6.45, 7) is 6.67. The fourth-order valence-electron chi connectivity index (χ4n) is 6.66. The summed E-state index contributed by atoms with van der Waals surface area (Å²) in [5, 5.41) is 12.9. The smallest absolute Gasteiger partial charge is 0.253 e. The highest BCUT2D eigenvalue weighted by molar-refractivity contribution is 7.14. The predicted octanol–water partition coefficient (Wildman–Crippen LogP) is 6.33. The van der Waals surface area contributed by atoms with Gasteiger partial charge in [0.25, 0.3) is 11.8 Å². The molecule has 2 bridgehead atoms. The van der Waals surface area contributed by atoms with Gasteiger partial charge in [0.15, 0.2) is 5.13 Å². The third-order valence-corrected chi connectivity index (χ3v) is 10.1. The molecule has 0 radical (unpaired) electrons. The van der Waals surface area contributed by atoms with Crippen LogP contribution in [0, 0.1) is 31.6 Å². The van der Waals surface area contributed by atoms with Crippen LogP contribution in [0.3, 0.4) is 0 Å². The molecule has 3 fully saturated rings. The van der Waals surface area contributed by atoms with E-state index in [1.807, 2.05) is 31.2 Å². The summed E-state index contributed by atoms with van der Waals surface area (Å²) < 4.78 is 33.4. The molecule has 2 aliphatic heterocycles. The van der Waals surface area contributed by atoms with E-state index in [0.29, 0.717) is 29.9 Å². The molecular formula is C32H37F2N3O3S. The van der Waals surface area contributed by atoms with Crippen LogP contribution in [0.15, 0.2) is 41.8 Å². The van der Waals surface area contributed by atoms with E-state index in [9.17, 15) is 18.7 Å². The van der Waals surface area contributed by atoms with Crippen LogP contribution in [0.4, 0.5) is 13.9 Å². The van der Waals surface area contributed by atoms with Crippen LogP contribution < -0.4 is 9.64 Å². The lowest BCUT2D eigenvalue weighted by Crippen LogP contribution is -2.43. The summed E-state index contributed by atoms with van der Waals surface area (Å²) in [7, 11) is 0. The van der Waals surface area contributed by atoms with Gasteiger partial charge in [0.2, 0.25) is 0 Å². The molecule has 6 nitrogen and oxygen atoms in total. The monoisotopic (exact) mass is 581 g/mol. The number of amides is 1. The highest BCUT2D eigenvalue weighted by atomic mass is 32.1.